The third-order valence-corrected chi connectivity index (χ3v) is 3.21. The maximum absolute atomic E-state index is 11.3. The van der Waals surface area contributed by atoms with Gasteiger partial charge in [0.15, 0.2) is 0 Å². The van der Waals surface area contributed by atoms with Crippen LogP contribution in [0.15, 0.2) is 0 Å². The van der Waals surface area contributed by atoms with E-state index in [1.807, 2.05) is 0 Å². The zero-order chi connectivity index (χ0) is 11.5. The summed E-state index contributed by atoms with van der Waals surface area (Å²) in [7, 11) is 0. The minimum absolute atomic E-state index is 0.126. The molecule has 0 atom stereocenters. The Labute approximate surface area is 94.7 Å². The van der Waals surface area contributed by atoms with Crippen molar-refractivity contribution in [3.63, 3.8) is 0 Å². The number of amides is 3. The summed E-state index contributed by atoms with van der Waals surface area (Å²) in [5, 5.41) is 2.51. The van der Waals surface area contributed by atoms with Crippen LogP contribution in [-0.2, 0) is 4.79 Å². The second-order valence-corrected chi connectivity index (χ2v) is 4.38. The third-order valence-electron chi connectivity index (χ3n) is 3.21. The van der Waals surface area contributed by atoms with Gasteiger partial charge in [-0.2, -0.15) is 0 Å². The Morgan fingerprint density at radius 3 is 2.50 bits per heavy atom. The number of rotatable bonds is 3. The van der Waals surface area contributed by atoms with Crippen LogP contribution >= 0.6 is 0 Å². The number of hydrogen-bond donors (Lipinski definition) is 2. The van der Waals surface area contributed by atoms with Crippen LogP contribution < -0.4 is 11.1 Å². The lowest BCUT2D eigenvalue weighted by molar-refractivity contribution is -0.125. The van der Waals surface area contributed by atoms with E-state index in [0.717, 1.165) is 32.5 Å². The Balaban J connectivity index is 1.75. The molecule has 0 aromatic heterocycles. The molecular weight excluding hydrogens is 208 g/mol. The number of carbonyl (C=O) groups is 2. The number of hydrogen-bond acceptors (Lipinski definition) is 4. The maximum Gasteiger partial charge on any atom is 0.324 e. The van der Waals surface area contributed by atoms with E-state index in [4.69, 9.17) is 5.73 Å². The second kappa shape index (κ2) is 4.80. The largest absolute Gasteiger partial charge is 0.329 e. The highest BCUT2D eigenvalue weighted by atomic mass is 16.2. The SMILES string of the molecule is NC1CCN(CCN2C(=O)CNC2=O)CC1. The first-order valence-corrected chi connectivity index (χ1v) is 5.73. The first-order valence-electron chi connectivity index (χ1n) is 5.73. The molecule has 0 unspecified atom stereocenters. The van der Waals surface area contributed by atoms with E-state index in [-0.39, 0.29) is 18.5 Å². The van der Waals surface area contributed by atoms with Crippen LogP contribution in [-0.4, -0.2) is 60.5 Å². The summed E-state index contributed by atoms with van der Waals surface area (Å²) < 4.78 is 0. The zero-order valence-electron chi connectivity index (χ0n) is 9.32. The van der Waals surface area contributed by atoms with E-state index in [2.05, 4.69) is 10.2 Å². The van der Waals surface area contributed by atoms with Gasteiger partial charge in [-0.1, -0.05) is 0 Å². The van der Waals surface area contributed by atoms with E-state index < -0.39 is 0 Å². The third kappa shape index (κ3) is 2.51. The van der Waals surface area contributed by atoms with Crippen molar-refractivity contribution in [3.8, 4) is 0 Å². The molecule has 2 heterocycles. The molecule has 0 bridgehead atoms. The maximum atomic E-state index is 11.3. The van der Waals surface area contributed by atoms with Crippen LogP contribution in [0, 0.1) is 0 Å². The predicted octanol–water partition coefficient (Wildman–Crippen LogP) is -1.04. The number of piperidine rings is 1. The quantitative estimate of drug-likeness (QED) is 0.603. The fraction of sp³-hybridized carbons (Fsp3) is 0.800. The minimum Gasteiger partial charge on any atom is -0.329 e. The smallest absolute Gasteiger partial charge is 0.324 e. The van der Waals surface area contributed by atoms with Crippen molar-refractivity contribution in [2.24, 2.45) is 5.73 Å². The standard InChI is InChI=1S/C10H18N4O2/c11-8-1-3-13(4-2-8)5-6-14-9(15)7-12-10(14)16/h8H,1-7,11H2,(H,12,16). The highest BCUT2D eigenvalue weighted by Gasteiger charge is 2.28. The Morgan fingerprint density at radius 2 is 1.94 bits per heavy atom. The summed E-state index contributed by atoms with van der Waals surface area (Å²) >= 11 is 0. The Morgan fingerprint density at radius 1 is 1.25 bits per heavy atom. The first kappa shape index (κ1) is 11.3. The lowest BCUT2D eigenvalue weighted by Crippen LogP contribution is -2.44. The van der Waals surface area contributed by atoms with Gasteiger partial charge in [-0.25, -0.2) is 4.79 Å². The lowest BCUT2D eigenvalue weighted by atomic mass is 10.1. The highest BCUT2D eigenvalue weighted by Crippen LogP contribution is 2.08. The summed E-state index contributed by atoms with van der Waals surface area (Å²) in [5.41, 5.74) is 5.80. The van der Waals surface area contributed by atoms with Gasteiger partial charge >= 0.3 is 6.03 Å². The molecule has 3 N–H and O–H groups in total. The molecule has 0 aliphatic carbocycles. The average molecular weight is 226 g/mol. The Bertz CT molecular complexity index is 271. The predicted molar refractivity (Wildman–Crippen MR) is 58.8 cm³/mol. The van der Waals surface area contributed by atoms with Gasteiger partial charge in [0.05, 0.1) is 6.54 Å². The zero-order valence-corrected chi connectivity index (χ0v) is 9.32. The molecule has 0 aromatic rings. The van der Waals surface area contributed by atoms with E-state index in [9.17, 15) is 9.59 Å². The average Bonchev–Trinajstić information content (AvgIpc) is 2.59. The molecule has 0 spiro atoms. The van der Waals surface area contributed by atoms with Crippen LogP contribution in [0.2, 0.25) is 0 Å². The van der Waals surface area contributed by atoms with Crippen LogP contribution in [0.25, 0.3) is 0 Å². The van der Waals surface area contributed by atoms with E-state index in [0.29, 0.717) is 12.6 Å². The lowest BCUT2D eigenvalue weighted by Gasteiger charge is -2.30. The molecule has 16 heavy (non-hydrogen) atoms. The number of likely N-dealkylation sites (tertiary alicyclic amines) is 1. The van der Waals surface area contributed by atoms with Gasteiger partial charge in [-0.15, -0.1) is 0 Å². The molecule has 2 fully saturated rings. The number of carbonyl (C=O) groups excluding carboxylic acids is 2. The first-order chi connectivity index (χ1) is 7.66. The molecule has 0 radical (unpaired) electrons. The van der Waals surface area contributed by atoms with Crippen molar-refractivity contribution < 1.29 is 9.59 Å². The summed E-state index contributed by atoms with van der Waals surface area (Å²) in [4.78, 5) is 26.1. The molecule has 3 amide bonds. The van der Waals surface area contributed by atoms with Gasteiger partial charge in [0, 0.05) is 19.1 Å². The van der Waals surface area contributed by atoms with Gasteiger partial charge in [0.1, 0.15) is 0 Å². The van der Waals surface area contributed by atoms with Crippen molar-refractivity contribution in [2.45, 2.75) is 18.9 Å². The van der Waals surface area contributed by atoms with Crippen LogP contribution in [0.3, 0.4) is 0 Å². The van der Waals surface area contributed by atoms with Crippen molar-refractivity contribution >= 4 is 11.9 Å². The van der Waals surface area contributed by atoms with E-state index in [1.165, 1.54) is 4.90 Å². The van der Waals surface area contributed by atoms with Gasteiger partial charge in [-0.3, -0.25) is 9.69 Å². The summed E-state index contributed by atoms with van der Waals surface area (Å²) in [5.74, 6) is -0.126. The molecule has 2 rings (SSSR count). The molecule has 6 heteroatoms. The minimum atomic E-state index is -0.265. The molecule has 6 nitrogen and oxygen atoms in total. The van der Waals surface area contributed by atoms with Crippen molar-refractivity contribution in [2.75, 3.05) is 32.7 Å². The summed E-state index contributed by atoms with van der Waals surface area (Å²) in [6.45, 7) is 3.31. The molecule has 2 aliphatic rings. The topological polar surface area (TPSA) is 78.7 Å². The van der Waals surface area contributed by atoms with Crippen LogP contribution in [0.4, 0.5) is 4.79 Å². The number of imide groups is 1. The fourth-order valence-corrected chi connectivity index (χ4v) is 2.10. The number of nitrogens with zero attached hydrogens (tertiary/aromatic N) is 2. The fourth-order valence-electron chi connectivity index (χ4n) is 2.10. The highest BCUT2D eigenvalue weighted by molar-refractivity contribution is 6.01. The Kier molecular flexibility index (Phi) is 3.40. The normalized spacial score (nSPS) is 23.9. The molecule has 0 saturated carbocycles. The van der Waals surface area contributed by atoms with Crippen molar-refractivity contribution in [1.82, 2.24) is 15.1 Å². The van der Waals surface area contributed by atoms with Crippen LogP contribution in [0.1, 0.15) is 12.8 Å². The molecule has 2 saturated heterocycles. The monoisotopic (exact) mass is 226 g/mol. The second-order valence-electron chi connectivity index (χ2n) is 4.38. The number of nitrogens with one attached hydrogen (secondary N) is 1. The van der Waals surface area contributed by atoms with Gasteiger partial charge in [0.2, 0.25) is 5.91 Å². The molecular formula is C10H18N4O2. The van der Waals surface area contributed by atoms with Crippen molar-refractivity contribution in [1.29, 1.82) is 0 Å². The van der Waals surface area contributed by atoms with Crippen molar-refractivity contribution in [3.05, 3.63) is 0 Å². The Hall–Kier alpha value is -1.14. The molecule has 2 aliphatic heterocycles. The van der Waals surface area contributed by atoms with E-state index >= 15 is 0 Å². The van der Waals surface area contributed by atoms with Gasteiger partial charge in [0.25, 0.3) is 0 Å². The molecule has 0 aromatic carbocycles. The van der Waals surface area contributed by atoms with Gasteiger partial charge < -0.3 is 16.0 Å². The molecule has 90 valence electrons. The van der Waals surface area contributed by atoms with E-state index in [1.54, 1.807) is 0 Å². The summed E-state index contributed by atoms with van der Waals surface area (Å²) in [6.07, 6.45) is 2.00. The van der Waals surface area contributed by atoms with Crippen LogP contribution in [0.5, 0.6) is 0 Å². The number of urea groups is 1. The number of nitrogens with two attached hydrogens (primary N) is 1. The van der Waals surface area contributed by atoms with Gasteiger partial charge in [-0.05, 0) is 25.9 Å². The summed E-state index contributed by atoms with van der Waals surface area (Å²) in [6, 6.07) is 0.0479.